The first-order valence-electron chi connectivity index (χ1n) is 4.28. The zero-order valence-corrected chi connectivity index (χ0v) is 7.77. The molecule has 0 spiro atoms. The van der Waals surface area contributed by atoms with E-state index in [2.05, 4.69) is 20.5 Å². The number of hydrogen-bond donors (Lipinski definition) is 3. The fraction of sp³-hybridized carbons (Fsp3) is 0. The van der Waals surface area contributed by atoms with Crippen LogP contribution in [0.25, 0.3) is 0 Å². The first-order valence-corrected chi connectivity index (χ1v) is 4.28. The second-order valence-corrected chi connectivity index (χ2v) is 2.87. The summed E-state index contributed by atoms with van der Waals surface area (Å²) in [6, 6.07) is 4.92. The van der Waals surface area contributed by atoms with Gasteiger partial charge in [0, 0.05) is 12.4 Å². The van der Waals surface area contributed by atoms with Crippen LogP contribution in [0.4, 0.5) is 11.5 Å². The number of aromatic nitrogens is 3. The molecule has 4 N–H and O–H groups in total. The van der Waals surface area contributed by atoms with Crippen molar-refractivity contribution < 1.29 is 4.79 Å². The number of nitrogens with zero attached hydrogens (tertiary/aromatic N) is 2. The van der Waals surface area contributed by atoms with Gasteiger partial charge in [0.05, 0.1) is 5.69 Å². The van der Waals surface area contributed by atoms with Gasteiger partial charge >= 0.3 is 0 Å². The van der Waals surface area contributed by atoms with Crippen molar-refractivity contribution >= 4 is 17.4 Å². The Morgan fingerprint density at radius 2 is 2.27 bits per heavy atom. The van der Waals surface area contributed by atoms with Crippen molar-refractivity contribution in [2.45, 2.75) is 0 Å². The lowest BCUT2D eigenvalue weighted by atomic mass is 10.3. The number of aromatic amines is 1. The van der Waals surface area contributed by atoms with Gasteiger partial charge < -0.3 is 11.1 Å². The molecule has 0 aliphatic carbocycles. The molecule has 76 valence electrons. The molecular formula is C9H9N5O. The smallest absolute Gasteiger partial charge is 0.274 e. The summed E-state index contributed by atoms with van der Waals surface area (Å²) < 4.78 is 0. The molecule has 0 saturated carbocycles. The Kier molecular flexibility index (Phi) is 2.32. The third-order valence-corrected chi connectivity index (χ3v) is 1.82. The molecule has 0 aromatic carbocycles. The van der Waals surface area contributed by atoms with E-state index in [1.807, 2.05) is 0 Å². The van der Waals surface area contributed by atoms with E-state index in [0.717, 1.165) is 0 Å². The predicted octanol–water partition coefficient (Wildman–Crippen LogP) is 0.639. The third kappa shape index (κ3) is 1.93. The maximum absolute atomic E-state index is 11.5. The number of nitrogens with one attached hydrogen (secondary N) is 2. The van der Waals surface area contributed by atoms with Crippen LogP contribution in [0.2, 0.25) is 0 Å². The molecular weight excluding hydrogens is 194 g/mol. The minimum absolute atomic E-state index is 0.321. The van der Waals surface area contributed by atoms with Gasteiger partial charge in [0.1, 0.15) is 5.69 Å². The number of carbonyl (C=O) groups excluding carboxylic acids is 1. The van der Waals surface area contributed by atoms with E-state index in [1.54, 1.807) is 24.4 Å². The highest BCUT2D eigenvalue weighted by atomic mass is 16.2. The number of nitrogen functional groups attached to an aromatic ring is 1. The Morgan fingerprint density at radius 3 is 2.93 bits per heavy atom. The number of H-pyrrole nitrogens is 1. The summed E-state index contributed by atoms with van der Waals surface area (Å²) in [4.78, 5) is 15.5. The van der Waals surface area contributed by atoms with E-state index in [1.165, 1.54) is 6.20 Å². The van der Waals surface area contributed by atoms with Crippen molar-refractivity contribution in [3.8, 4) is 0 Å². The van der Waals surface area contributed by atoms with Gasteiger partial charge in [-0.2, -0.15) is 5.10 Å². The van der Waals surface area contributed by atoms with Crippen LogP contribution in [0, 0.1) is 0 Å². The van der Waals surface area contributed by atoms with Crippen LogP contribution in [0.5, 0.6) is 0 Å². The van der Waals surface area contributed by atoms with E-state index in [9.17, 15) is 4.79 Å². The average molecular weight is 203 g/mol. The fourth-order valence-electron chi connectivity index (χ4n) is 1.08. The average Bonchev–Trinajstić information content (AvgIpc) is 2.74. The normalized spacial score (nSPS) is 9.87. The van der Waals surface area contributed by atoms with Crippen molar-refractivity contribution in [3.05, 3.63) is 36.3 Å². The summed E-state index contributed by atoms with van der Waals surface area (Å²) in [5.74, 6) is 0.0231. The molecule has 0 atom stereocenters. The van der Waals surface area contributed by atoms with Gasteiger partial charge in [0.25, 0.3) is 5.91 Å². The van der Waals surface area contributed by atoms with E-state index in [4.69, 9.17) is 5.73 Å². The van der Waals surface area contributed by atoms with Crippen molar-refractivity contribution in [1.82, 2.24) is 15.2 Å². The molecule has 0 bridgehead atoms. The van der Waals surface area contributed by atoms with Crippen molar-refractivity contribution in [3.63, 3.8) is 0 Å². The van der Waals surface area contributed by atoms with Crippen molar-refractivity contribution in [1.29, 1.82) is 0 Å². The van der Waals surface area contributed by atoms with Crippen LogP contribution in [0.1, 0.15) is 10.5 Å². The van der Waals surface area contributed by atoms with Crippen LogP contribution in [-0.4, -0.2) is 21.1 Å². The monoisotopic (exact) mass is 203 g/mol. The molecule has 2 aromatic rings. The van der Waals surface area contributed by atoms with Crippen LogP contribution < -0.4 is 11.1 Å². The lowest BCUT2D eigenvalue weighted by Gasteiger charge is -2.04. The summed E-state index contributed by atoms with van der Waals surface area (Å²) in [7, 11) is 0. The summed E-state index contributed by atoms with van der Waals surface area (Å²) in [5.41, 5.74) is 6.40. The van der Waals surface area contributed by atoms with Gasteiger partial charge in [-0.3, -0.25) is 9.89 Å². The number of hydrogen-bond acceptors (Lipinski definition) is 4. The van der Waals surface area contributed by atoms with E-state index in [-0.39, 0.29) is 5.91 Å². The number of pyridine rings is 1. The van der Waals surface area contributed by atoms with Gasteiger partial charge in [-0.15, -0.1) is 0 Å². The molecule has 15 heavy (non-hydrogen) atoms. The number of rotatable bonds is 2. The Hall–Kier alpha value is -2.37. The molecule has 2 heterocycles. The molecule has 6 nitrogen and oxygen atoms in total. The molecule has 0 radical (unpaired) electrons. The summed E-state index contributed by atoms with van der Waals surface area (Å²) in [5, 5.41) is 8.78. The molecule has 0 fully saturated rings. The number of nitrogens with two attached hydrogens (primary N) is 1. The Bertz CT molecular complexity index is 465. The van der Waals surface area contributed by atoms with Gasteiger partial charge in [0.2, 0.25) is 0 Å². The molecule has 2 aromatic heterocycles. The second kappa shape index (κ2) is 3.79. The molecule has 6 heteroatoms. The second-order valence-electron chi connectivity index (χ2n) is 2.87. The summed E-state index contributed by atoms with van der Waals surface area (Å²) in [6.45, 7) is 0. The molecule has 2 rings (SSSR count). The Balaban J connectivity index is 2.17. The quantitative estimate of drug-likeness (QED) is 0.667. The minimum Gasteiger partial charge on any atom is -0.396 e. The highest BCUT2D eigenvalue weighted by Crippen LogP contribution is 2.13. The summed E-state index contributed by atoms with van der Waals surface area (Å²) >= 11 is 0. The van der Waals surface area contributed by atoms with E-state index < -0.39 is 0 Å². The zero-order valence-electron chi connectivity index (χ0n) is 7.77. The van der Waals surface area contributed by atoms with E-state index >= 15 is 0 Å². The Morgan fingerprint density at radius 1 is 1.40 bits per heavy atom. The number of carbonyl (C=O) groups is 1. The van der Waals surface area contributed by atoms with Crippen LogP contribution in [0.15, 0.2) is 30.6 Å². The van der Waals surface area contributed by atoms with Gasteiger partial charge in [0.15, 0.2) is 5.82 Å². The topological polar surface area (TPSA) is 96.7 Å². The predicted molar refractivity (Wildman–Crippen MR) is 55.2 cm³/mol. The number of anilines is 2. The standard InChI is InChI=1S/C9H9N5O/c10-6-2-1-4-11-8(6)13-9(15)7-3-5-12-14-7/h1-5H,10H2,(H,12,14)(H,11,13,15). The fourth-order valence-corrected chi connectivity index (χ4v) is 1.08. The largest absolute Gasteiger partial charge is 0.396 e. The maximum atomic E-state index is 11.5. The Labute approximate surface area is 85.5 Å². The van der Waals surface area contributed by atoms with Gasteiger partial charge in [-0.25, -0.2) is 4.98 Å². The molecule has 0 unspecified atom stereocenters. The lowest BCUT2D eigenvalue weighted by Crippen LogP contribution is -2.14. The van der Waals surface area contributed by atoms with E-state index in [0.29, 0.717) is 17.2 Å². The minimum atomic E-state index is -0.321. The molecule has 0 saturated heterocycles. The van der Waals surface area contributed by atoms with Crippen LogP contribution in [0.3, 0.4) is 0 Å². The first kappa shape index (κ1) is 9.20. The third-order valence-electron chi connectivity index (χ3n) is 1.82. The van der Waals surface area contributed by atoms with Crippen molar-refractivity contribution in [2.24, 2.45) is 0 Å². The van der Waals surface area contributed by atoms with Crippen LogP contribution >= 0.6 is 0 Å². The lowest BCUT2D eigenvalue weighted by molar-refractivity contribution is 0.102. The summed E-state index contributed by atoms with van der Waals surface area (Å²) in [6.07, 6.45) is 3.05. The van der Waals surface area contributed by atoms with Crippen LogP contribution in [-0.2, 0) is 0 Å². The highest BCUT2D eigenvalue weighted by Gasteiger charge is 2.08. The molecule has 0 aliphatic heterocycles. The van der Waals surface area contributed by atoms with Gasteiger partial charge in [-0.05, 0) is 18.2 Å². The molecule has 1 amide bonds. The molecule has 0 aliphatic rings. The zero-order chi connectivity index (χ0) is 10.7. The first-order chi connectivity index (χ1) is 7.27. The van der Waals surface area contributed by atoms with Gasteiger partial charge in [-0.1, -0.05) is 0 Å². The number of amides is 1. The SMILES string of the molecule is Nc1cccnc1NC(=O)c1ccn[nH]1. The van der Waals surface area contributed by atoms with Crippen molar-refractivity contribution in [2.75, 3.05) is 11.1 Å². The maximum Gasteiger partial charge on any atom is 0.274 e. The highest BCUT2D eigenvalue weighted by molar-refractivity contribution is 6.03.